The summed E-state index contributed by atoms with van der Waals surface area (Å²) >= 11 is 0. The van der Waals surface area contributed by atoms with Crippen LogP contribution in [0.2, 0.25) is 0 Å². The lowest BCUT2D eigenvalue weighted by molar-refractivity contribution is 0.438. The lowest BCUT2D eigenvalue weighted by atomic mass is 10.1. The van der Waals surface area contributed by atoms with E-state index in [1.54, 1.807) is 7.05 Å². The summed E-state index contributed by atoms with van der Waals surface area (Å²) in [5.41, 5.74) is 0.630. The third-order valence-corrected chi connectivity index (χ3v) is 7.75. The van der Waals surface area contributed by atoms with Crippen LogP contribution in [0.4, 0.5) is 0 Å². The maximum Gasteiger partial charge on any atom is 0.246 e. The van der Waals surface area contributed by atoms with Crippen molar-refractivity contribution in [3.63, 3.8) is 0 Å². The minimum absolute atomic E-state index is 0.0311. The second-order valence-electron chi connectivity index (χ2n) is 6.15. The average molecular weight is 362 g/mol. The van der Waals surface area contributed by atoms with E-state index in [9.17, 15) is 16.8 Å². The maximum atomic E-state index is 13.0. The van der Waals surface area contributed by atoms with Crippen LogP contribution in [0.5, 0.6) is 0 Å². The molecule has 2 heterocycles. The predicted octanol–water partition coefficient (Wildman–Crippen LogP) is 0.00140. The van der Waals surface area contributed by atoms with E-state index in [0.717, 1.165) is 25.7 Å². The standard InChI is InChI=1S/C13H22N4O4S2/c1-16-10-12(13(15-16)11-4-2-3-5-11)23(20,21)17-7-6-14-22(18,19)9-8-17/h10-11,14H,2-9H2,1H3. The number of nitrogens with zero attached hydrogens (tertiary/aromatic N) is 3. The molecule has 2 fully saturated rings. The van der Waals surface area contributed by atoms with E-state index >= 15 is 0 Å². The van der Waals surface area contributed by atoms with Crippen LogP contribution in [0.3, 0.4) is 0 Å². The van der Waals surface area contributed by atoms with Crippen LogP contribution in [0, 0.1) is 0 Å². The molecule has 0 amide bonds. The first-order valence-corrected chi connectivity index (χ1v) is 10.9. The van der Waals surface area contributed by atoms with Crippen molar-refractivity contribution in [1.29, 1.82) is 0 Å². The highest BCUT2D eigenvalue weighted by molar-refractivity contribution is 7.90. The van der Waals surface area contributed by atoms with Crippen molar-refractivity contribution in [1.82, 2.24) is 18.8 Å². The van der Waals surface area contributed by atoms with E-state index in [4.69, 9.17) is 0 Å². The first-order chi connectivity index (χ1) is 10.8. The summed E-state index contributed by atoms with van der Waals surface area (Å²) in [5.74, 6) is -0.0413. The summed E-state index contributed by atoms with van der Waals surface area (Å²) in [6.07, 6.45) is 5.62. The maximum absolute atomic E-state index is 13.0. The molecular formula is C13H22N4O4S2. The number of hydrogen-bond acceptors (Lipinski definition) is 5. The van der Waals surface area contributed by atoms with Crippen molar-refractivity contribution < 1.29 is 16.8 Å². The SMILES string of the molecule is Cn1cc(S(=O)(=O)N2CCNS(=O)(=O)CC2)c(C2CCCC2)n1. The monoisotopic (exact) mass is 362 g/mol. The molecule has 1 aliphatic heterocycles. The molecule has 1 saturated carbocycles. The Hall–Kier alpha value is -0.970. The molecule has 130 valence electrons. The van der Waals surface area contributed by atoms with E-state index in [1.807, 2.05) is 0 Å². The van der Waals surface area contributed by atoms with Gasteiger partial charge in [-0.1, -0.05) is 12.8 Å². The van der Waals surface area contributed by atoms with Crippen molar-refractivity contribution in [2.45, 2.75) is 36.5 Å². The fourth-order valence-electron chi connectivity index (χ4n) is 3.28. The van der Waals surface area contributed by atoms with E-state index in [-0.39, 0.29) is 36.2 Å². The minimum Gasteiger partial charge on any atom is -0.274 e. The van der Waals surface area contributed by atoms with Gasteiger partial charge in [0.05, 0.1) is 11.4 Å². The minimum atomic E-state index is -3.74. The van der Waals surface area contributed by atoms with Gasteiger partial charge in [-0.15, -0.1) is 0 Å². The molecule has 1 aromatic heterocycles. The Kier molecular flexibility index (Phi) is 4.51. The van der Waals surface area contributed by atoms with Gasteiger partial charge in [0, 0.05) is 38.8 Å². The van der Waals surface area contributed by atoms with Gasteiger partial charge in [0.2, 0.25) is 20.0 Å². The third-order valence-electron chi connectivity index (χ3n) is 4.47. The van der Waals surface area contributed by atoms with Crippen LogP contribution < -0.4 is 4.72 Å². The topological polar surface area (TPSA) is 101 Å². The molecule has 8 nitrogen and oxygen atoms in total. The fraction of sp³-hybridized carbons (Fsp3) is 0.769. The summed E-state index contributed by atoms with van der Waals surface area (Å²) < 4.78 is 54.4. The lowest BCUT2D eigenvalue weighted by Crippen LogP contribution is -2.35. The first kappa shape index (κ1) is 16.9. The van der Waals surface area contributed by atoms with Gasteiger partial charge in [-0.2, -0.15) is 9.40 Å². The van der Waals surface area contributed by atoms with Crippen LogP contribution in [-0.4, -0.2) is 56.3 Å². The van der Waals surface area contributed by atoms with Crippen LogP contribution >= 0.6 is 0 Å². The Balaban J connectivity index is 1.93. The van der Waals surface area contributed by atoms with Crippen LogP contribution in [-0.2, 0) is 27.1 Å². The fourth-order valence-corrected chi connectivity index (χ4v) is 6.10. The van der Waals surface area contributed by atoms with Crippen molar-refractivity contribution in [2.24, 2.45) is 7.05 Å². The molecule has 2 aliphatic rings. The number of aryl methyl sites for hydroxylation is 1. The normalized spacial score (nSPS) is 23.9. The van der Waals surface area contributed by atoms with E-state index in [1.165, 1.54) is 15.2 Å². The smallest absolute Gasteiger partial charge is 0.246 e. The molecule has 1 aromatic rings. The zero-order valence-electron chi connectivity index (χ0n) is 13.1. The number of hydrogen-bond donors (Lipinski definition) is 1. The lowest BCUT2D eigenvalue weighted by Gasteiger charge is -2.19. The highest BCUT2D eigenvalue weighted by Crippen LogP contribution is 2.37. The number of aromatic nitrogens is 2. The Bertz CT molecular complexity index is 779. The van der Waals surface area contributed by atoms with Gasteiger partial charge in [-0.05, 0) is 12.8 Å². The van der Waals surface area contributed by atoms with E-state index in [2.05, 4.69) is 9.82 Å². The summed E-state index contributed by atoms with van der Waals surface area (Å²) in [5, 5.41) is 4.38. The summed E-state index contributed by atoms with van der Waals surface area (Å²) in [6, 6.07) is 0. The van der Waals surface area contributed by atoms with Crippen molar-refractivity contribution in [3.05, 3.63) is 11.9 Å². The molecule has 1 N–H and O–H groups in total. The van der Waals surface area contributed by atoms with E-state index in [0.29, 0.717) is 5.69 Å². The third kappa shape index (κ3) is 3.44. The van der Waals surface area contributed by atoms with Gasteiger partial charge in [0.25, 0.3) is 0 Å². The number of rotatable bonds is 3. The zero-order valence-corrected chi connectivity index (χ0v) is 14.7. The number of nitrogens with one attached hydrogen (secondary N) is 1. The Morgan fingerprint density at radius 3 is 2.65 bits per heavy atom. The molecule has 3 rings (SSSR count). The van der Waals surface area contributed by atoms with Gasteiger partial charge in [0.15, 0.2) is 0 Å². The Labute approximate surface area is 137 Å². The second-order valence-corrected chi connectivity index (χ2v) is 9.98. The molecule has 23 heavy (non-hydrogen) atoms. The Morgan fingerprint density at radius 2 is 1.96 bits per heavy atom. The van der Waals surface area contributed by atoms with Gasteiger partial charge in [-0.25, -0.2) is 21.6 Å². The van der Waals surface area contributed by atoms with Crippen molar-refractivity contribution in [2.75, 3.05) is 25.4 Å². The molecule has 1 saturated heterocycles. The summed E-state index contributed by atoms with van der Waals surface area (Å²) in [7, 11) is -5.42. The van der Waals surface area contributed by atoms with Crippen LogP contribution in [0.15, 0.2) is 11.1 Å². The number of sulfonamides is 2. The second kappa shape index (κ2) is 6.15. The predicted molar refractivity (Wildman–Crippen MR) is 85.0 cm³/mol. The molecule has 0 unspecified atom stereocenters. The van der Waals surface area contributed by atoms with Crippen molar-refractivity contribution in [3.8, 4) is 0 Å². The van der Waals surface area contributed by atoms with Crippen LogP contribution in [0.25, 0.3) is 0 Å². The van der Waals surface area contributed by atoms with E-state index < -0.39 is 20.0 Å². The quantitative estimate of drug-likeness (QED) is 0.816. The summed E-state index contributed by atoms with van der Waals surface area (Å²) in [4.78, 5) is 0.228. The Morgan fingerprint density at radius 1 is 1.26 bits per heavy atom. The molecule has 1 aliphatic carbocycles. The highest BCUT2D eigenvalue weighted by Gasteiger charge is 2.34. The average Bonchev–Trinajstić information content (AvgIpc) is 3.07. The van der Waals surface area contributed by atoms with Gasteiger partial charge in [-0.3, -0.25) is 4.68 Å². The molecule has 0 spiro atoms. The van der Waals surface area contributed by atoms with Gasteiger partial charge < -0.3 is 0 Å². The largest absolute Gasteiger partial charge is 0.274 e. The molecule has 0 bridgehead atoms. The molecule has 0 aromatic carbocycles. The molecule has 0 atom stereocenters. The summed E-state index contributed by atoms with van der Waals surface area (Å²) in [6.45, 7) is 0.206. The van der Waals surface area contributed by atoms with Crippen LogP contribution in [0.1, 0.15) is 37.3 Å². The van der Waals surface area contributed by atoms with Gasteiger partial charge >= 0.3 is 0 Å². The highest BCUT2D eigenvalue weighted by atomic mass is 32.2. The molecule has 10 heteroatoms. The van der Waals surface area contributed by atoms with Gasteiger partial charge in [0.1, 0.15) is 4.90 Å². The molecule has 0 radical (unpaired) electrons. The first-order valence-electron chi connectivity index (χ1n) is 7.81. The zero-order chi connectivity index (χ0) is 16.7. The molecular weight excluding hydrogens is 340 g/mol. The van der Waals surface area contributed by atoms with Crippen molar-refractivity contribution >= 4 is 20.0 Å².